The number of fused-ring (bicyclic) bond motifs is 1. The summed E-state index contributed by atoms with van der Waals surface area (Å²) in [4.78, 5) is 18.6. The first kappa shape index (κ1) is 28.7. The molecule has 1 aromatic rings. The molecule has 1 aliphatic carbocycles. The largest absolute Gasteiger partial charge is 0.386 e. The third-order valence-corrected chi connectivity index (χ3v) is 8.54. The second-order valence-electron chi connectivity index (χ2n) is 12.5. The van der Waals surface area contributed by atoms with E-state index in [9.17, 15) is 4.79 Å². The molecule has 0 bridgehead atoms. The Morgan fingerprint density at radius 1 is 1.13 bits per heavy atom. The minimum atomic E-state index is -0.0237. The lowest BCUT2D eigenvalue weighted by atomic mass is 9.87. The third kappa shape index (κ3) is 7.22. The molecule has 3 atom stereocenters. The van der Waals surface area contributed by atoms with Crippen LogP contribution in [0.5, 0.6) is 0 Å². The summed E-state index contributed by atoms with van der Waals surface area (Å²) in [5.74, 6) is 1.18. The monoisotopic (exact) mass is 520 g/mol. The fraction of sp³-hybridized carbons (Fsp3) is 0.667. The van der Waals surface area contributed by atoms with Gasteiger partial charge in [0.15, 0.2) is 0 Å². The first-order chi connectivity index (χ1) is 18.3. The number of anilines is 2. The van der Waals surface area contributed by atoms with Crippen molar-refractivity contribution in [1.29, 1.82) is 0 Å². The Hall–Kier alpha value is -2.27. The molecule has 1 amide bonds. The maximum atomic E-state index is 14.1. The van der Waals surface area contributed by atoms with Gasteiger partial charge >= 0.3 is 0 Å². The van der Waals surface area contributed by atoms with Crippen LogP contribution in [0.25, 0.3) is 0 Å². The van der Waals surface area contributed by atoms with E-state index in [1.807, 2.05) is 0 Å². The van der Waals surface area contributed by atoms with Gasteiger partial charge < -0.3 is 20.4 Å². The van der Waals surface area contributed by atoms with Crippen molar-refractivity contribution in [2.24, 2.45) is 17.8 Å². The molecule has 2 fully saturated rings. The smallest absolute Gasteiger partial charge is 0.231 e. The van der Waals surface area contributed by atoms with Crippen LogP contribution in [-0.2, 0) is 11.2 Å². The molecular weight excluding hydrogens is 468 g/mol. The molecule has 2 heterocycles. The van der Waals surface area contributed by atoms with Crippen LogP contribution in [0, 0.1) is 17.8 Å². The SMILES string of the molecule is C=C(NC(C)CC(C)C)[C@@H]1CNC[C@H](C(=O)N(c2ccc3c(c2)N(CCCCCC)C(=C)CC3)C2CC2)C1. The summed E-state index contributed by atoms with van der Waals surface area (Å²) < 4.78 is 0. The number of allylic oxidation sites excluding steroid dienone is 1. The van der Waals surface area contributed by atoms with Gasteiger partial charge in [0.25, 0.3) is 0 Å². The number of rotatable bonds is 13. The number of aryl methyl sites for hydroxylation is 1. The van der Waals surface area contributed by atoms with Crippen LogP contribution in [0.3, 0.4) is 0 Å². The van der Waals surface area contributed by atoms with E-state index in [4.69, 9.17) is 0 Å². The van der Waals surface area contributed by atoms with E-state index < -0.39 is 0 Å². The summed E-state index contributed by atoms with van der Waals surface area (Å²) in [6, 6.07) is 7.48. The van der Waals surface area contributed by atoms with Crippen molar-refractivity contribution >= 4 is 17.3 Å². The molecule has 38 heavy (non-hydrogen) atoms. The standard InChI is InChI=1S/C33H52N4O/c1-7-8-9-10-17-36-25(5)11-12-27-13-14-31(20-32(27)36)37(30-15-16-30)33(38)29-19-28(21-34-22-29)26(6)35-24(4)18-23(2)3/h13-14,20,23-24,28-30,34-35H,5-12,15-19,21-22H2,1-4H3/t24?,28-,29+/m0/s1. The summed E-state index contributed by atoms with van der Waals surface area (Å²) in [6.45, 7) is 20.4. The molecule has 0 aromatic heterocycles. The lowest BCUT2D eigenvalue weighted by Crippen LogP contribution is -2.48. The van der Waals surface area contributed by atoms with Gasteiger partial charge in [-0.1, -0.05) is 59.3 Å². The van der Waals surface area contributed by atoms with Gasteiger partial charge in [0.1, 0.15) is 0 Å². The highest BCUT2D eigenvalue weighted by molar-refractivity contribution is 5.97. The zero-order valence-corrected chi connectivity index (χ0v) is 24.5. The fourth-order valence-electron chi connectivity index (χ4n) is 6.37. The number of piperidine rings is 1. The Labute approximate surface area is 232 Å². The summed E-state index contributed by atoms with van der Waals surface area (Å²) in [7, 11) is 0. The van der Waals surface area contributed by atoms with E-state index in [1.54, 1.807) is 0 Å². The van der Waals surface area contributed by atoms with Crippen molar-refractivity contribution in [2.75, 3.05) is 29.4 Å². The minimum Gasteiger partial charge on any atom is -0.386 e. The number of benzene rings is 1. The molecule has 1 unspecified atom stereocenters. The molecule has 0 radical (unpaired) electrons. The van der Waals surface area contributed by atoms with E-state index in [-0.39, 0.29) is 17.7 Å². The maximum Gasteiger partial charge on any atom is 0.231 e. The normalized spacial score (nSPS) is 22.2. The van der Waals surface area contributed by atoms with Gasteiger partial charge in [0, 0.05) is 60.4 Å². The van der Waals surface area contributed by atoms with Crippen LogP contribution in [-0.4, -0.2) is 37.6 Å². The predicted octanol–water partition coefficient (Wildman–Crippen LogP) is 6.79. The van der Waals surface area contributed by atoms with Crippen molar-refractivity contribution in [3.8, 4) is 0 Å². The van der Waals surface area contributed by atoms with Crippen LogP contribution in [0.1, 0.15) is 91.0 Å². The van der Waals surface area contributed by atoms with Gasteiger partial charge in [0.05, 0.1) is 5.92 Å². The van der Waals surface area contributed by atoms with Crippen molar-refractivity contribution < 1.29 is 4.79 Å². The molecular formula is C33H52N4O. The average molecular weight is 521 g/mol. The number of carbonyl (C=O) groups is 1. The Morgan fingerprint density at radius 3 is 2.61 bits per heavy atom. The minimum absolute atomic E-state index is 0.0237. The second-order valence-corrected chi connectivity index (χ2v) is 12.5. The Morgan fingerprint density at radius 2 is 1.89 bits per heavy atom. The molecule has 2 N–H and O–H groups in total. The van der Waals surface area contributed by atoms with Crippen LogP contribution in [0.2, 0.25) is 0 Å². The summed E-state index contributed by atoms with van der Waals surface area (Å²) in [5.41, 5.74) is 6.01. The van der Waals surface area contributed by atoms with Crippen LogP contribution < -0.4 is 20.4 Å². The average Bonchev–Trinajstić information content (AvgIpc) is 3.72. The highest BCUT2D eigenvalue weighted by Gasteiger charge is 2.39. The molecule has 3 aliphatic rings. The van der Waals surface area contributed by atoms with Gasteiger partial charge in [-0.25, -0.2) is 0 Å². The highest BCUT2D eigenvalue weighted by atomic mass is 16.2. The van der Waals surface area contributed by atoms with Gasteiger partial charge in [-0.3, -0.25) is 4.79 Å². The number of hydrogen-bond donors (Lipinski definition) is 2. The molecule has 1 aromatic carbocycles. The van der Waals surface area contributed by atoms with E-state index in [2.05, 4.69) is 79.5 Å². The molecule has 2 aliphatic heterocycles. The van der Waals surface area contributed by atoms with E-state index in [0.29, 0.717) is 18.0 Å². The van der Waals surface area contributed by atoms with Crippen molar-refractivity contribution in [1.82, 2.24) is 10.6 Å². The fourth-order valence-corrected chi connectivity index (χ4v) is 6.37. The molecule has 5 heteroatoms. The number of nitrogens with zero attached hydrogens (tertiary/aromatic N) is 2. The number of nitrogens with one attached hydrogen (secondary N) is 2. The maximum absolute atomic E-state index is 14.1. The zero-order chi connectivity index (χ0) is 27.2. The van der Waals surface area contributed by atoms with Gasteiger partial charge in [-0.05, 0) is 75.5 Å². The Kier molecular flexibility index (Phi) is 9.97. The lowest BCUT2D eigenvalue weighted by Gasteiger charge is -2.37. The molecule has 1 saturated heterocycles. The van der Waals surface area contributed by atoms with E-state index in [1.165, 1.54) is 42.6 Å². The zero-order valence-electron chi connectivity index (χ0n) is 24.5. The van der Waals surface area contributed by atoms with Crippen molar-refractivity contribution in [2.45, 2.75) is 104 Å². The molecule has 4 rings (SSSR count). The van der Waals surface area contributed by atoms with Gasteiger partial charge in [-0.2, -0.15) is 0 Å². The highest BCUT2D eigenvalue weighted by Crippen LogP contribution is 2.40. The molecule has 210 valence electrons. The van der Waals surface area contributed by atoms with Crippen molar-refractivity contribution in [3.05, 3.63) is 48.3 Å². The number of hydrogen-bond acceptors (Lipinski definition) is 4. The van der Waals surface area contributed by atoms with Gasteiger partial charge in [-0.15, -0.1) is 0 Å². The summed E-state index contributed by atoms with van der Waals surface area (Å²) >= 11 is 0. The first-order valence-corrected chi connectivity index (χ1v) is 15.4. The van der Waals surface area contributed by atoms with Crippen LogP contribution in [0.15, 0.2) is 42.8 Å². The Balaban J connectivity index is 1.48. The first-order valence-electron chi connectivity index (χ1n) is 15.4. The number of unbranched alkanes of at least 4 members (excludes halogenated alkanes) is 3. The van der Waals surface area contributed by atoms with Crippen LogP contribution >= 0.6 is 0 Å². The third-order valence-electron chi connectivity index (χ3n) is 8.54. The van der Waals surface area contributed by atoms with Crippen LogP contribution in [0.4, 0.5) is 11.4 Å². The second kappa shape index (κ2) is 13.2. The van der Waals surface area contributed by atoms with Gasteiger partial charge in [0.2, 0.25) is 5.91 Å². The molecule has 5 nitrogen and oxygen atoms in total. The summed E-state index contributed by atoms with van der Waals surface area (Å²) in [6.07, 6.45) is 11.2. The quantitative estimate of drug-likeness (QED) is 0.281. The number of amides is 1. The van der Waals surface area contributed by atoms with E-state index in [0.717, 1.165) is 69.5 Å². The lowest BCUT2D eigenvalue weighted by molar-refractivity contribution is -0.123. The topological polar surface area (TPSA) is 47.6 Å². The molecule has 0 spiro atoms. The van der Waals surface area contributed by atoms with E-state index >= 15 is 0 Å². The molecule has 1 saturated carbocycles. The predicted molar refractivity (Wildman–Crippen MR) is 162 cm³/mol. The Bertz CT molecular complexity index is 981. The van der Waals surface area contributed by atoms with Crippen molar-refractivity contribution in [3.63, 3.8) is 0 Å². The summed E-state index contributed by atoms with van der Waals surface area (Å²) in [5, 5.41) is 7.19. The number of carbonyl (C=O) groups excluding carboxylic acids is 1.